The zero-order valence-corrected chi connectivity index (χ0v) is 15.6. The van der Waals surface area contributed by atoms with Crippen molar-refractivity contribution in [1.29, 1.82) is 0 Å². The summed E-state index contributed by atoms with van der Waals surface area (Å²) in [5, 5.41) is 11.6. The summed E-state index contributed by atoms with van der Waals surface area (Å²) in [6, 6.07) is 1.56. The van der Waals surface area contributed by atoms with Crippen molar-refractivity contribution in [2.24, 2.45) is 5.92 Å². The highest BCUT2D eigenvalue weighted by molar-refractivity contribution is 5.93. The Morgan fingerprint density at radius 1 is 1.36 bits per heavy atom. The van der Waals surface area contributed by atoms with Crippen molar-refractivity contribution in [3.8, 4) is 0 Å². The van der Waals surface area contributed by atoms with E-state index in [1.807, 2.05) is 26.8 Å². The smallest absolute Gasteiger partial charge is 0.270 e. The standard InChI is InChI=1S/C18H27N5O2/c1-6-23-14(9-13(21-23)10(2)3)17(24)19-15(11(4)5)18-20-16(22-25-18)12-7-8-12/h9-12,15H,6-8H2,1-5H3,(H,19,24)/t15-/m1/s1. The van der Waals surface area contributed by atoms with Crippen LogP contribution in [0.5, 0.6) is 0 Å². The quantitative estimate of drug-likeness (QED) is 0.831. The lowest BCUT2D eigenvalue weighted by Crippen LogP contribution is -2.33. The summed E-state index contributed by atoms with van der Waals surface area (Å²) >= 11 is 0. The van der Waals surface area contributed by atoms with Crippen LogP contribution >= 0.6 is 0 Å². The molecule has 2 aromatic heterocycles. The highest BCUT2D eigenvalue weighted by atomic mass is 16.5. The molecule has 0 aliphatic heterocycles. The molecule has 2 heterocycles. The van der Waals surface area contributed by atoms with Crippen LogP contribution in [0.15, 0.2) is 10.6 Å². The number of nitrogens with zero attached hydrogens (tertiary/aromatic N) is 4. The van der Waals surface area contributed by atoms with E-state index < -0.39 is 0 Å². The Labute approximate surface area is 148 Å². The minimum Gasteiger partial charge on any atom is -0.339 e. The van der Waals surface area contributed by atoms with Crippen molar-refractivity contribution in [3.63, 3.8) is 0 Å². The molecule has 0 bridgehead atoms. The third-order valence-electron chi connectivity index (χ3n) is 4.54. The van der Waals surface area contributed by atoms with Gasteiger partial charge in [0.2, 0.25) is 5.89 Å². The van der Waals surface area contributed by atoms with Crippen LogP contribution in [0.3, 0.4) is 0 Å². The minimum absolute atomic E-state index is 0.138. The van der Waals surface area contributed by atoms with E-state index in [1.54, 1.807) is 4.68 Å². The van der Waals surface area contributed by atoms with E-state index in [2.05, 4.69) is 34.4 Å². The summed E-state index contributed by atoms with van der Waals surface area (Å²) in [7, 11) is 0. The van der Waals surface area contributed by atoms with Gasteiger partial charge in [-0.05, 0) is 37.7 Å². The average Bonchev–Trinajstić information content (AvgIpc) is 3.14. The zero-order valence-electron chi connectivity index (χ0n) is 15.6. The number of rotatable bonds is 7. The van der Waals surface area contributed by atoms with Gasteiger partial charge in [0.25, 0.3) is 5.91 Å². The maximum Gasteiger partial charge on any atom is 0.270 e. The van der Waals surface area contributed by atoms with Crippen LogP contribution in [0.4, 0.5) is 0 Å². The number of amides is 1. The van der Waals surface area contributed by atoms with E-state index in [0.29, 0.717) is 24.0 Å². The van der Waals surface area contributed by atoms with Crippen LogP contribution in [-0.4, -0.2) is 25.8 Å². The fourth-order valence-corrected chi connectivity index (χ4v) is 2.75. The summed E-state index contributed by atoms with van der Waals surface area (Å²) in [6.45, 7) is 10.8. The number of carbonyl (C=O) groups is 1. The molecule has 1 saturated carbocycles. The van der Waals surface area contributed by atoms with Crippen molar-refractivity contribution >= 4 is 5.91 Å². The number of hydrogen-bond donors (Lipinski definition) is 1. The van der Waals surface area contributed by atoms with E-state index in [-0.39, 0.29) is 23.8 Å². The van der Waals surface area contributed by atoms with Gasteiger partial charge in [-0.3, -0.25) is 9.48 Å². The molecule has 2 aromatic rings. The molecule has 0 saturated heterocycles. The molecular formula is C18H27N5O2. The van der Waals surface area contributed by atoms with Gasteiger partial charge in [-0.1, -0.05) is 32.9 Å². The van der Waals surface area contributed by atoms with Crippen LogP contribution in [-0.2, 0) is 6.54 Å². The van der Waals surface area contributed by atoms with Gasteiger partial charge in [0.15, 0.2) is 5.82 Å². The highest BCUT2D eigenvalue weighted by Gasteiger charge is 2.32. The van der Waals surface area contributed by atoms with Crippen molar-refractivity contribution in [2.45, 2.75) is 71.9 Å². The van der Waals surface area contributed by atoms with Gasteiger partial charge in [-0.2, -0.15) is 10.1 Å². The van der Waals surface area contributed by atoms with Gasteiger partial charge in [0.1, 0.15) is 11.7 Å². The first-order chi connectivity index (χ1) is 11.9. The molecule has 1 amide bonds. The number of carbonyl (C=O) groups excluding carboxylic acids is 1. The Morgan fingerprint density at radius 2 is 2.08 bits per heavy atom. The number of nitrogens with one attached hydrogen (secondary N) is 1. The zero-order chi connectivity index (χ0) is 18.1. The normalized spacial score (nSPS) is 15.8. The molecule has 1 N–H and O–H groups in total. The largest absolute Gasteiger partial charge is 0.339 e. The maximum absolute atomic E-state index is 12.8. The fourth-order valence-electron chi connectivity index (χ4n) is 2.75. The first-order valence-electron chi connectivity index (χ1n) is 9.12. The first kappa shape index (κ1) is 17.6. The monoisotopic (exact) mass is 345 g/mol. The second-order valence-corrected chi connectivity index (χ2v) is 7.39. The minimum atomic E-state index is -0.310. The van der Waals surface area contributed by atoms with Gasteiger partial charge in [-0.25, -0.2) is 0 Å². The summed E-state index contributed by atoms with van der Waals surface area (Å²) < 4.78 is 7.17. The first-order valence-corrected chi connectivity index (χ1v) is 9.12. The van der Waals surface area contributed by atoms with Crippen molar-refractivity contribution in [1.82, 2.24) is 25.2 Å². The Morgan fingerprint density at radius 3 is 2.64 bits per heavy atom. The second kappa shape index (κ2) is 6.98. The molecule has 3 rings (SSSR count). The van der Waals surface area contributed by atoms with Crippen LogP contribution in [0.25, 0.3) is 0 Å². The van der Waals surface area contributed by atoms with Gasteiger partial charge in [0.05, 0.1) is 5.69 Å². The Hall–Kier alpha value is -2.18. The summed E-state index contributed by atoms with van der Waals surface area (Å²) in [6.07, 6.45) is 2.23. The number of aryl methyl sites for hydroxylation is 1. The lowest BCUT2D eigenvalue weighted by molar-refractivity contribution is 0.0903. The number of aromatic nitrogens is 4. The second-order valence-electron chi connectivity index (χ2n) is 7.39. The van der Waals surface area contributed by atoms with Crippen LogP contribution in [0, 0.1) is 5.92 Å². The molecule has 7 heteroatoms. The third kappa shape index (κ3) is 3.75. The molecular weight excluding hydrogens is 318 g/mol. The van der Waals surface area contributed by atoms with E-state index >= 15 is 0 Å². The van der Waals surface area contributed by atoms with Crippen molar-refractivity contribution in [3.05, 3.63) is 29.2 Å². The molecule has 0 unspecified atom stereocenters. The van der Waals surface area contributed by atoms with Gasteiger partial charge >= 0.3 is 0 Å². The molecule has 0 radical (unpaired) electrons. The molecule has 7 nitrogen and oxygen atoms in total. The molecule has 25 heavy (non-hydrogen) atoms. The molecule has 136 valence electrons. The average molecular weight is 345 g/mol. The molecule has 1 atom stereocenters. The van der Waals surface area contributed by atoms with Gasteiger partial charge < -0.3 is 9.84 Å². The molecule has 1 fully saturated rings. The van der Waals surface area contributed by atoms with E-state index in [1.165, 1.54) is 0 Å². The van der Waals surface area contributed by atoms with Crippen molar-refractivity contribution < 1.29 is 9.32 Å². The predicted molar refractivity (Wildman–Crippen MR) is 93.3 cm³/mol. The Kier molecular flexibility index (Phi) is 4.92. The van der Waals surface area contributed by atoms with E-state index in [0.717, 1.165) is 24.4 Å². The summed E-state index contributed by atoms with van der Waals surface area (Å²) in [4.78, 5) is 17.3. The van der Waals surface area contributed by atoms with E-state index in [4.69, 9.17) is 4.52 Å². The summed E-state index contributed by atoms with van der Waals surface area (Å²) in [5.41, 5.74) is 1.49. The Balaban J connectivity index is 1.80. The van der Waals surface area contributed by atoms with Crippen LogP contribution in [0.2, 0.25) is 0 Å². The topological polar surface area (TPSA) is 85.8 Å². The van der Waals surface area contributed by atoms with Gasteiger partial charge in [0, 0.05) is 12.5 Å². The number of hydrogen-bond acceptors (Lipinski definition) is 5. The molecule has 0 spiro atoms. The predicted octanol–water partition coefficient (Wildman–Crippen LogP) is 3.41. The molecule has 1 aliphatic carbocycles. The van der Waals surface area contributed by atoms with Crippen LogP contribution < -0.4 is 5.32 Å². The SMILES string of the molecule is CCn1nc(C(C)C)cc1C(=O)N[C@@H](c1nc(C2CC2)no1)C(C)C. The van der Waals surface area contributed by atoms with Crippen molar-refractivity contribution in [2.75, 3.05) is 0 Å². The maximum atomic E-state index is 12.8. The fraction of sp³-hybridized carbons (Fsp3) is 0.667. The van der Waals surface area contributed by atoms with Crippen LogP contribution in [0.1, 0.15) is 93.2 Å². The summed E-state index contributed by atoms with van der Waals surface area (Å²) in [5.74, 6) is 1.92. The van der Waals surface area contributed by atoms with E-state index in [9.17, 15) is 4.79 Å². The lowest BCUT2D eigenvalue weighted by Gasteiger charge is -2.18. The molecule has 0 aromatic carbocycles. The lowest BCUT2D eigenvalue weighted by atomic mass is 10.0. The molecule has 1 aliphatic rings. The highest BCUT2D eigenvalue weighted by Crippen LogP contribution is 2.38. The Bertz CT molecular complexity index is 742. The third-order valence-corrected chi connectivity index (χ3v) is 4.54. The van der Waals surface area contributed by atoms with Gasteiger partial charge in [-0.15, -0.1) is 0 Å².